The maximum atomic E-state index is 11.6. The number of aliphatic carboxylic acids is 2. The van der Waals surface area contributed by atoms with E-state index in [1.165, 1.54) is 12.1 Å². The summed E-state index contributed by atoms with van der Waals surface area (Å²) in [6.45, 7) is 0. The molecule has 0 aliphatic carbocycles. The van der Waals surface area contributed by atoms with E-state index in [-0.39, 0.29) is 23.2 Å². The molecule has 0 bridgehead atoms. The standard InChI is InChI=1S/C15H10ClNO6/c16-8-4-2-1-3-7(8)11-12(14(20)21)9(5-18)17-10(6-19)13(11)15(22)23/h1-6,11,17H,(H,20,21)(H,22,23). The van der Waals surface area contributed by atoms with Crippen molar-refractivity contribution in [1.82, 2.24) is 5.32 Å². The summed E-state index contributed by atoms with van der Waals surface area (Å²) in [7, 11) is 0. The molecule has 118 valence electrons. The van der Waals surface area contributed by atoms with Crippen LogP contribution in [0.25, 0.3) is 0 Å². The second kappa shape index (κ2) is 6.45. The number of carboxylic acid groups (broad SMARTS) is 2. The van der Waals surface area contributed by atoms with Crippen LogP contribution in [0.15, 0.2) is 46.8 Å². The van der Waals surface area contributed by atoms with Gasteiger partial charge in [-0.2, -0.15) is 0 Å². The predicted molar refractivity (Wildman–Crippen MR) is 78.8 cm³/mol. The maximum absolute atomic E-state index is 11.6. The molecule has 0 aromatic heterocycles. The molecule has 1 aromatic rings. The number of benzene rings is 1. The number of carboxylic acids is 2. The third-order valence-corrected chi connectivity index (χ3v) is 3.68. The number of aldehydes is 2. The zero-order valence-corrected chi connectivity index (χ0v) is 12.2. The minimum absolute atomic E-state index is 0.118. The van der Waals surface area contributed by atoms with Gasteiger partial charge < -0.3 is 15.5 Å². The number of halogens is 1. The van der Waals surface area contributed by atoms with Crippen molar-refractivity contribution in [2.24, 2.45) is 0 Å². The molecule has 0 spiro atoms. The SMILES string of the molecule is O=CC1=C(C(=O)O)C(c2ccccc2Cl)C(C(=O)O)=C(C=O)N1. The molecular formula is C15H10ClNO6. The quantitative estimate of drug-likeness (QED) is 0.689. The fraction of sp³-hybridized carbons (Fsp3) is 0.0667. The smallest absolute Gasteiger partial charge is 0.334 e. The van der Waals surface area contributed by atoms with Crippen LogP contribution in [0.3, 0.4) is 0 Å². The summed E-state index contributed by atoms with van der Waals surface area (Å²) >= 11 is 6.05. The lowest BCUT2D eigenvalue weighted by Gasteiger charge is -2.27. The highest BCUT2D eigenvalue weighted by Crippen LogP contribution is 2.40. The molecule has 1 aliphatic rings. The van der Waals surface area contributed by atoms with E-state index in [1.54, 1.807) is 12.1 Å². The van der Waals surface area contributed by atoms with E-state index in [1.807, 2.05) is 0 Å². The second-order valence-electron chi connectivity index (χ2n) is 4.58. The molecule has 0 amide bonds. The van der Waals surface area contributed by atoms with Gasteiger partial charge in [0.25, 0.3) is 0 Å². The maximum Gasteiger partial charge on any atom is 0.334 e. The first-order valence-corrected chi connectivity index (χ1v) is 6.66. The third kappa shape index (κ3) is 2.86. The van der Waals surface area contributed by atoms with Crippen LogP contribution in [-0.4, -0.2) is 34.7 Å². The van der Waals surface area contributed by atoms with Crippen LogP contribution in [0.2, 0.25) is 5.02 Å². The van der Waals surface area contributed by atoms with E-state index in [9.17, 15) is 29.4 Å². The lowest BCUT2D eigenvalue weighted by Crippen LogP contribution is -2.34. The Morgan fingerprint density at radius 2 is 1.48 bits per heavy atom. The molecule has 23 heavy (non-hydrogen) atoms. The van der Waals surface area contributed by atoms with Crippen LogP contribution in [0.4, 0.5) is 0 Å². The van der Waals surface area contributed by atoms with E-state index in [2.05, 4.69) is 5.32 Å². The molecule has 1 heterocycles. The Labute approximate surface area is 134 Å². The van der Waals surface area contributed by atoms with Crippen LogP contribution in [0.1, 0.15) is 11.5 Å². The number of carbonyl (C=O) groups excluding carboxylic acids is 2. The van der Waals surface area contributed by atoms with E-state index in [0.717, 1.165) is 0 Å². The van der Waals surface area contributed by atoms with Gasteiger partial charge in [-0.15, -0.1) is 0 Å². The summed E-state index contributed by atoms with van der Waals surface area (Å²) in [5, 5.41) is 21.2. The number of hydrogen-bond acceptors (Lipinski definition) is 5. The molecule has 7 nitrogen and oxygen atoms in total. The van der Waals surface area contributed by atoms with Crippen LogP contribution in [0.5, 0.6) is 0 Å². The Balaban J connectivity index is 2.84. The Morgan fingerprint density at radius 1 is 1.00 bits per heavy atom. The van der Waals surface area contributed by atoms with Gasteiger partial charge in [0.05, 0.1) is 28.5 Å². The molecule has 8 heteroatoms. The average molecular weight is 336 g/mol. The number of nitrogens with one attached hydrogen (secondary N) is 1. The van der Waals surface area contributed by atoms with Gasteiger partial charge in [0.15, 0.2) is 12.6 Å². The molecule has 2 rings (SSSR count). The van der Waals surface area contributed by atoms with Gasteiger partial charge in [-0.3, -0.25) is 9.59 Å². The number of carbonyl (C=O) groups is 4. The lowest BCUT2D eigenvalue weighted by atomic mass is 9.80. The zero-order valence-electron chi connectivity index (χ0n) is 11.4. The topological polar surface area (TPSA) is 121 Å². The van der Waals surface area contributed by atoms with Gasteiger partial charge in [0, 0.05) is 5.02 Å². The molecule has 1 aliphatic heterocycles. The van der Waals surface area contributed by atoms with Gasteiger partial charge >= 0.3 is 11.9 Å². The van der Waals surface area contributed by atoms with Crippen LogP contribution >= 0.6 is 11.6 Å². The van der Waals surface area contributed by atoms with Crippen molar-refractivity contribution in [3.8, 4) is 0 Å². The lowest BCUT2D eigenvalue weighted by molar-refractivity contribution is -0.134. The molecular weight excluding hydrogens is 326 g/mol. The highest BCUT2D eigenvalue weighted by molar-refractivity contribution is 6.31. The number of rotatable bonds is 5. The molecule has 1 aromatic carbocycles. The van der Waals surface area contributed by atoms with E-state index in [4.69, 9.17) is 11.6 Å². The van der Waals surface area contributed by atoms with E-state index < -0.39 is 40.4 Å². The van der Waals surface area contributed by atoms with Crippen molar-refractivity contribution >= 4 is 36.1 Å². The Kier molecular flexibility index (Phi) is 4.61. The van der Waals surface area contributed by atoms with E-state index in [0.29, 0.717) is 0 Å². The molecule has 0 unspecified atom stereocenters. The first kappa shape index (κ1) is 16.4. The van der Waals surface area contributed by atoms with Crippen LogP contribution < -0.4 is 5.32 Å². The van der Waals surface area contributed by atoms with Crippen LogP contribution in [-0.2, 0) is 19.2 Å². The van der Waals surface area contributed by atoms with Crippen molar-refractivity contribution < 1.29 is 29.4 Å². The normalized spacial score (nSPS) is 15.2. The molecule has 0 radical (unpaired) electrons. The van der Waals surface area contributed by atoms with Crippen molar-refractivity contribution in [2.75, 3.05) is 0 Å². The Hall–Kier alpha value is -2.93. The fourth-order valence-corrected chi connectivity index (χ4v) is 2.66. The number of hydrogen-bond donors (Lipinski definition) is 3. The third-order valence-electron chi connectivity index (χ3n) is 3.34. The van der Waals surface area contributed by atoms with Gasteiger partial charge in [0.1, 0.15) is 0 Å². The van der Waals surface area contributed by atoms with Gasteiger partial charge in [-0.25, -0.2) is 9.59 Å². The monoisotopic (exact) mass is 335 g/mol. The average Bonchev–Trinajstić information content (AvgIpc) is 2.52. The summed E-state index contributed by atoms with van der Waals surface area (Å²) in [4.78, 5) is 45.5. The molecule has 0 saturated heterocycles. The minimum Gasteiger partial charge on any atom is -0.478 e. The Bertz CT molecular complexity index is 738. The van der Waals surface area contributed by atoms with Crippen molar-refractivity contribution in [2.45, 2.75) is 5.92 Å². The molecule has 0 fully saturated rings. The van der Waals surface area contributed by atoms with Crippen molar-refractivity contribution in [3.05, 3.63) is 57.4 Å². The van der Waals surface area contributed by atoms with Crippen LogP contribution in [0, 0.1) is 0 Å². The second-order valence-corrected chi connectivity index (χ2v) is 4.99. The summed E-state index contributed by atoms with van der Waals surface area (Å²) in [5.74, 6) is -4.35. The van der Waals surface area contributed by atoms with E-state index >= 15 is 0 Å². The predicted octanol–water partition coefficient (Wildman–Crippen LogP) is 1.10. The number of dihydropyridines is 1. The summed E-state index contributed by atoms with van der Waals surface area (Å²) in [5.41, 5.74) is -1.60. The first-order valence-electron chi connectivity index (χ1n) is 6.29. The molecule has 0 atom stereocenters. The Morgan fingerprint density at radius 3 is 1.87 bits per heavy atom. The van der Waals surface area contributed by atoms with Gasteiger partial charge in [0.2, 0.25) is 0 Å². The fourth-order valence-electron chi connectivity index (χ4n) is 2.42. The molecule has 3 N–H and O–H groups in total. The van der Waals surface area contributed by atoms with Crippen molar-refractivity contribution in [3.63, 3.8) is 0 Å². The highest BCUT2D eigenvalue weighted by Gasteiger charge is 2.39. The van der Waals surface area contributed by atoms with Crippen molar-refractivity contribution in [1.29, 1.82) is 0 Å². The largest absolute Gasteiger partial charge is 0.478 e. The highest BCUT2D eigenvalue weighted by atomic mass is 35.5. The summed E-state index contributed by atoms with van der Waals surface area (Å²) in [6, 6.07) is 6.03. The summed E-state index contributed by atoms with van der Waals surface area (Å²) in [6.07, 6.45) is 0.435. The molecule has 0 saturated carbocycles. The first-order chi connectivity index (χ1) is 10.9. The van der Waals surface area contributed by atoms with Gasteiger partial charge in [-0.1, -0.05) is 29.8 Å². The number of allylic oxidation sites excluding steroid dienone is 2. The minimum atomic E-state index is -1.49. The zero-order chi connectivity index (χ0) is 17.1. The van der Waals surface area contributed by atoms with Gasteiger partial charge in [-0.05, 0) is 11.6 Å². The summed E-state index contributed by atoms with van der Waals surface area (Å²) < 4.78 is 0.